The molecule has 10 heteroatoms. The molecule has 3 heterocycles. The molecule has 0 radical (unpaired) electrons. The van der Waals surface area contributed by atoms with Crippen molar-refractivity contribution < 1.29 is 23.1 Å². The first-order chi connectivity index (χ1) is 17.6. The third-order valence-electron chi connectivity index (χ3n) is 5.71. The molecule has 1 aliphatic heterocycles. The van der Waals surface area contributed by atoms with Crippen LogP contribution in [0, 0.1) is 5.82 Å². The molecule has 0 bridgehead atoms. The highest BCUT2D eigenvalue weighted by Gasteiger charge is 2.36. The normalized spacial score (nSPS) is 15.2. The number of hydrogen-bond acceptors (Lipinski definition) is 7. The molecule has 200 valence electrons. The third kappa shape index (κ3) is 6.36. The van der Waals surface area contributed by atoms with E-state index in [9.17, 15) is 14.0 Å². The van der Waals surface area contributed by atoms with Crippen LogP contribution < -0.4 is 10.3 Å². The van der Waals surface area contributed by atoms with Gasteiger partial charge in [0.05, 0.1) is 19.3 Å². The number of hydrogen-bond donors (Lipinski definition) is 0. The highest BCUT2D eigenvalue weighted by molar-refractivity contribution is 5.69. The molecule has 0 spiro atoms. The fraction of sp³-hybridized carbons (Fsp3) is 0.481. The molecular formula is C27H35FN4O5. The number of methoxy groups -OCH3 is 1. The van der Waals surface area contributed by atoms with Gasteiger partial charge in [-0.1, -0.05) is 26.0 Å². The van der Waals surface area contributed by atoms with E-state index in [0.717, 1.165) is 12.0 Å². The van der Waals surface area contributed by atoms with Gasteiger partial charge in [0, 0.05) is 20.0 Å². The third-order valence-corrected chi connectivity index (χ3v) is 5.71. The Labute approximate surface area is 216 Å². The van der Waals surface area contributed by atoms with Crippen molar-refractivity contribution in [2.75, 3.05) is 13.7 Å². The van der Waals surface area contributed by atoms with Crippen LogP contribution in [0.15, 0.2) is 39.7 Å². The van der Waals surface area contributed by atoms with Crippen LogP contribution in [0.5, 0.6) is 5.75 Å². The number of likely N-dealkylation sites (tertiary alicyclic amines) is 1. The first kappa shape index (κ1) is 27.9. The summed E-state index contributed by atoms with van der Waals surface area (Å²) in [5.74, 6) is 0.718. The van der Waals surface area contributed by atoms with E-state index in [1.165, 1.54) is 23.8 Å². The SMILES string of the molecule is CC.COc1c(-c2ncc(Cc3ccc(F)cc3)o2)nc(C2CCCN2C(=O)OC(C)(C)C)n(C)c1=O. The van der Waals surface area contributed by atoms with Gasteiger partial charge in [-0.25, -0.2) is 19.2 Å². The van der Waals surface area contributed by atoms with Crippen LogP contribution in [-0.4, -0.2) is 44.8 Å². The minimum absolute atomic E-state index is 0.00625. The Morgan fingerprint density at radius 3 is 2.51 bits per heavy atom. The van der Waals surface area contributed by atoms with E-state index in [2.05, 4.69) is 4.98 Å². The summed E-state index contributed by atoms with van der Waals surface area (Å²) >= 11 is 0. The second kappa shape index (κ2) is 11.6. The minimum atomic E-state index is -0.645. The van der Waals surface area contributed by atoms with Crippen LogP contribution in [0.25, 0.3) is 11.6 Å². The highest BCUT2D eigenvalue weighted by atomic mass is 19.1. The van der Waals surface area contributed by atoms with Crippen molar-refractivity contribution in [3.63, 3.8) is 0 Å². The molecule has 1 aliphatic rings. The fourth-order valence-corrected chi connectivity index (χ4v) is 4.10. The molecule has 0 saturated carbocycles. The lowest BCUT2D eigenvalue weighted by atomic mass is 10.1. The van der Waals surface area contributed by atoms with Crippen molar-refractivity contribution >= 4 is 6.09 Å². The Hall–Kier alpha value is -3.69. The lowest BCUT2D eigenvalue weighted by molar-refractivity contribution is 0.0215. The molecule has 3 aromatic rings. The largest absolute Gasteiger partial charge is 0.489 e. The number of oxazole rings is 1. The number of amides is 1. The zero-order valence-corrected chi connectivity index (χ0v) is 22.5. The minimum Gasteiger partial charge on any atom is -0.489 e. The van der Waals surface area contributed by atoms with Gasteiger partial charge < -0.3 is 13.9 Å². The van der Waals surface area contributed by atoms with Crippen molar-refractivity contribution in [2.24, 2.45) is 7.05 Å². The Morgan fingerprint density at radius 1 is 1.22 bits per heavy atom. The molecule has 1 fully saturated rings. The van der Waals surface area contributed by atoms with Gasteiger partial charge in [0.15, 0.2) is 5.69 Å². The fourth-order valence-electron chi connectivity index (χ4n) is 4.10. The van der Waals surface area contributed by atoms with Gasteiger partial charge in [-0.2, -0.15) is 0 Å². The summed E-state index contributed by atoms with van der Waals surface area (Å²) in [6.07, 6.45) is 2.86. The number of carbonyl (C=O) groups is 1. The molecule has 1 aromatic carbocycles. The van der Waals surface area contributed by atoms with E-state index in [1.54, 1.807) is 30.3 Å². The Kier molecular flexibility index (Phi) is 8.73. The van der Waals surface area contributed by atoms with Crippen molar-refractivity contribution in [1.82, 2.24) is 19.4 Å². The molecule has 1 unspecified atom stereocenters. The molecule has 9 nitrogen and oxygen atoms in total. The van der Waals surface area contributed by atoms with Gasteiger partial charge in [0.1, 0.15) is 23.0 Å². The number of halogens is 1. The van der Waals surface area contributed by atoms with Crippen LogP contribution in [0.1, 0.15) is 70.7 Å². The molecule has 2 aromatic heterocycles. The maximum absolute atomic E-state index is 13.2. The van der Waals surface area contributed by atoms with E-state index < -0.39 is 23.3 Å². The number of carbonyl (C=O) groups excluding carboxylic acids is 1. The highest BCUT2D eigenvalue weighted by Crippen LogP contribution is 2.34. The second-order valence-corrected chi connectivity index (χ2v) is 9.48. The van der Waals surface area contributed by atoms with Gasteiger partial charge in [-0.05, 0) is 51.3 Å². The van der Waals surface area contributed by atoms with Gasteiger partial charge in [-0.15, -0.1) is 0 Å². The lowest BCUT2D eigenvalue weighted by Gasteiger charge is -2.29. The summed E-state index contributed by atoms with van der Waals surface area (Å²) in [7, 11) is 2.98. The molecule has 0 N–H and O–H groups in total. The average molecular weight is 515 g/mol. The molecule has 1 atom stereocenters. The predicted octanol–water partition coefficient (Wildman–Crippen LogP) is 5.27. The summed E-state index contributed by atoms with van der Waals surface area (Å²) in [5.41, 5.74) is -0.0559. The monoisotopic (exact) mass is 514 g/mol. The van der Waals surface area contributed by atoms with Crippen LogP contribution in [0.4, 0.5) is 9.18 Å². The summed E-state index contributed by atoms with van der Waals surface area (Å²) in [5, 5.41) is 0. The molecule has 0 aliphatic carbocycles. The van der Waals surface area contributed by atoms with Crippen LogP contribution in [0.3, 0.4) is 0 Å². The Morgan fingerprint density at radius 2 is 1.89 bits per heavy atom. The van der Waals surface area contributed by atoms with E-state index in [1.807, 2.05) is 34.6 Å². The zero-order valence-electron chi connectivity index (χ0n) is 22.5. The number of rotatable bonds is 5. The Bertz CT molecular complexity index is 1280. The molecule has 1 saturated heterocycles. The van der Waals surface area contributed by atoms with Crippen LogP contribution in [0.2, 0.25) is 0 Å². The summed E-state index contributed by atoms with van der Waals surface area (Å²) in [4.78, 5) is 36.6. The average Bonchev–Trinajstić information content (AvgIpc) is 3.52. The predicted molar refractivity (Wildman–Crippen MR) is 137 cm³/mol. The lowest BCUT2D eigenvalue weighted by Crippen LogP contribution is -2.38. The van der Waals surface area contributed by atoms with Gasteiger partial charge in [-0.3, -0.25) is 14.3 Å². The molecule has 1 amide bonds. The second-order valence-electron chi connectivity index (χ2n) is 9.48. The number of nitrogens with zero attached hydrogens (tertiary/aromatic N) is 4. The van der Waals surface area contributed by atoms with E-state index in [0.29, 0.717) is 31.0 Å². The van der Waals surface area contributed by atoms with Crippen molar-refractivity contribution in [2.45, 2.75) is 65.5 Å². The molecular weight excluding hydrogens is 479 g/mol. The summed E-state index contributed by atoms with van der Waals surface area (Å²) in [6, 6.07) is 5.64. The van der Waals surface area contributed by atoms with Crippen molar-refractivity contribution in [1.29, 1.82) is 0 Å². The quantitative estimate of drug-likeness (QED) is 0.457. The van der Waals surface area contributed by atoms with Crippen molar-refractivity contribution in [3.8, 4) is 17.3 Å². The van der Waals surface area contributed by atoms with E-state index in [4.69, 9.17) is 18.9 Å². The number of benzene rings is 1. The van der Waals surface area contributed by atoms with E-state index >= 15 is 0 Å². The topological polar surface area (TPSA) is 99.7 Å². The smallest absolute Gasteiger partial charge is 0.410 e. The van der Waals surface area contributed by atoms with Gasteiger partial charge in [0.25, 0.3) is 5.56 Å². The van der Waals surface area contributed by atoms with Gasteiger partial charge >= 0.3 is 6.09 Å². The Balaban J connectivity index is 0.00000186. The standard InChI is InChI=1S/C25H29FN4O5.C2H6/c1-25(2,3)35-24(32)30-12-6-7-18(30)21-28-19(20(33-5)23(31)29(21)4)22-27-14-17(34-22)13-15-8-10-16(26)11-9-15;1-2/h8-11,14,18H,6-7,12-13H2,1-5H3;1-2H3. The summed E-state index contributed by atoms with van der Waals surface area (Å²) in [6.45, 7) is 9.92. The first-order valence-electron chi connectivity index (χ1n) is 12.4. The van der Waals surface area contributed by atoms with Gasteiger partial charge in [0.2, 0.25) is 11.6 Å². The maximum Gasteiger partial charge on any atom is 0.410 e. The number of ether oxygens (including phenoxy) is 2. The molecule has 37 heavy (non-hydrogen) atoms. The zero-order chi connectivity index (χ0) is 27.3. The maximum atomic E-state index is 13.2. The first-order valence-corrected chi connectivity index (χ1v) is 12.4. The summed E-state index contributed by atoms with van der Waals surface area (Å²) < 4.78 is 31.4. The molecule has 4 rings (SSSR count). The van der Waals surface area contributed by atoms with Crippen LogP contribution in [-0.2, 0) is 18.2 Å². The van der Waals surface area contributed by atoms with Crippen molar-refractivity contribution in [3.05, 3.63) is 63.8 Å². The number of aromatic nitrogens is 3. The van der Waals surface area contributed by atoms with E-state index in [-0.39, 0.29) is 23.2 Å². The van der Waals surface area contributed by atoms with Crippen LogP contribution >= 0.6 is 0 Å².